The zero-order valence-corrected chi connectivity index (χ0v) is 13.5. The van der Waals surface area contributed by atoms with E-state index in [1.807, 2.05) is 7.11 Å². The van der Waals surface area contributed by atoms with Crippen LogP contribution in [0.5, 0.6) is 0 Å². The van der Waals surface area contributed by atoms with Gasteiger partial charge in [0, 0.05) is 13.0 Å². The van der Waals surface area contributed by atoms with Crippen molar-refractivity contribution in [3.8, 4) is 0 Å². The molecule has 0 saturated heterocycles. The molecule has 21 heavy (non-hydrogen) atoms. The Hall–Kier alpha value is -1.60. The van der Waals surface area contributed by atoms with Crippen molar-refractivity contribution >= 4 is 0 Å². The third-order valence-electron chi connectivity index (χ3n) is 4.10. The Kier molecular flexibility index (Phi) is 5.19. The van der Waals surface area contributed by atoms with Crippen molar-refractivity contribution in [2.24, 2.45) is 5.41 Å². The molecule has 0 aliphatic rings. The largest absolute Gasteiger partial charge is 0.381 e. The fraction of sp³-hybridized carbons (Fsp3) is 0.400. The first-order valence-corrected chi connectivity index (χ1v) is 7.65. The second-order valence-corrected chi connectivity index (χ2v) is 6.70. The van der Waals surface area contributed by atoms with Gasteiger partial charge in [-0.15, -0.1) is 0 Å². The van der Waals surface area contributed by atoms with Crippen molar-refractivity contribution in [2.75, 3.05) is 7.11 Å². The van der Waals surface area contributed by atoms with Crippen molar-refractivity contribution in [1.82, 2.24) is 0 Å². The number of hydrogen-bond acceptors (Lipinski definition) is 1. The first-order valence-electron chi connectivity index (χ1n) is 7.65. The van der Waals surface area contributed by atoms with Gasteiger partial charge in [-0.3, -0.25) is 0 Å². The van der Waals surface area contributed by atoms with Gasteiger partial charge in [0.2, 0.25) is 0 Å². The highest BCUT2D eigenvalue weighted by Crippen LogP contribution is 2.35. The van der Waals surface area contributed by atoms with Crippen molar-refractivity contribution in [2.45, 2.75) is 39.2 Å². The van der Waals surface area contributed by atoms with Gasteiger partial charge in [0.05, 0.1) is 6.10 Å². The second-order valence-electron chi connectivity index (χ2n) is 6.70. The number of benzene rings is 2. The molecule has 0 aliphatic heterocycles. The molecular formula is C20H26O. The van der Waals surface area contributed by atoms with Gasteiger partial charge < -0.3 is 4.74 Å². The fourth-order valence-corrected chi connectivity index (χ4v) is 2.85. The summed E-state index contributed by atoms with van der Waals surface area (Å²) in [6, 6.07) is 21.5. The topological polar surface area (TPSA) is 9.23 Å². The van der Waals surface area contributed by atoms with E-state index >= 15 is 0 Å². The lowest BCUT2D eigenvalue weighted by atomic mass is 9.79. The third-order valence-corrected chi connectivity index (χ3v) is 4.10. The molecule has 0 bridgehead atoms. The Labute approximate surface area is 129 Å². The zero-order chi connectivity index (χ0) is 15.3. The first kappa shape index (κ1) is 15.8. The van der Waals surface area contributed by atoms with Crippen molar-refractivity contribution < 1.29 is 4.74 Å². The fourth-order valence-electron chi connectivity index (χ4n) is 2.85. The lowest BCUT2D eigenvalue weighted by Crippen LogP contribution is -2.30. The number of ether oxygens (including phenoxy) is 1. The molecule has 0 radical (unpaired) electrons. The molecule has 0 aromatic heterocycles. The van der Waals surface area contributed by atoms with E-state index in [9.17, 15) is 0 Å². The van der Waals surface area contributed by atoms with Crippen LogP contribution in [-0.2, 0) is 4.74 Å². The summed E-state index contributed by atoms with van der Waals surface area (Å²) in [5.41, 5.74) is 2.85. The van der Waals surface area contributed by atoms with Crippen molar-refractivity contribution in [3.05, 3.63) is 71.8 Å². The minimum absolute atomic E-state index is 0.135. The Balaban J connectivity index is 2.33. The van der Waals surface area contributed by atoms with Crippen LogP contribution in [0.25, 0.3) is 0 Å². The van der Waals surface area contributed by atoms with Crippen molar-refractivity contribution in [1.29, 1.82) is 0 Å². The van der Waals surface area contributed by atoms with Crippen LogP contribution >= 0.6 is 0 Å². The summed E-state index contributed by atoms with van der Waals surface area (Å²) in [4.78, 5) is 0. The Bertz CT molecular complexity index is 485. The maximum Gasteiger partial charge on any atom is 0.0628 e. The highest BCUT2D eigenvalue weighted by molar-refractivity contribution is 5.32. The summed E-state index contributed by atoms with van der Waals surface area (Å²) in [7, 11) is 1.82. The smallest absolute Gasteiger partial charge is 0.0628 e. The van der Waals surface area contributed by atoms with Crippen molar-refractivity contribution in [3.63, 3.8) is 0 Å². The molecule has 0 saturated carbocycles. The minimum Gasteiger partial charge on any atom is -0.381 e. The second kappa shape index (κ2) is 6.91. The van der Waals surface area contributed by atoms with E-state index in [1.54, 1.807) is 0 Å². The molecular weight excluding hydrogens is 256 g/mol. The van der Waals surface area contributed by atoms with E-state index in [1.165, 1.54) is 11.1 Å². The number of rotatable bonds is 5. The molecule has 0 heterocycles. The van der Waals surface area contributed by atoms with Crippen LogP contribution in [-0.4, -0.2) is 13.2 Å². The highest BCUT2D eigenvalue weighted by atomic mass is 16.5. The zero-order valence-electron chi connectivity index (χ0n) is 13.5. The summed E-state index contributed by atoms with van der Waals surface area (Å²) in [6.45, 7) is 6.73. The molecule has 0 amide bonds. The van der Waals surface area contributed by atoms with Crippen LogP contribution in [0.15, 0.2) is 60.7 Å². The molecule has 0 aliphatic carbocycles. The van der Waals surface area contributed by atoms with E-state index in [0.29, 0.717) is 5.92 Å². The quantitative estimate of drug-likeness (QED) is 0.726. The van der Waals surface area contributed by atoms with E-state index in [2.05, 4.69) is 81.4 Å². The molecule has 0 spiro atoms. The predicted octanol–water partition coefficient (Wildman–Crippen LogP) is 5.27. The van der Waals surface area contributed by atoms with E-state index in [4.69, 9.17) is 4.74 Å². The molecule has 0 N–H and O–H groups in total. The third kappa shape index (κ3) is 4.18. The minimum atomic E-state index is 0.135. The lowest BCUT2D eigenvalue weighted by Gasteiger charge is -2.33. The number of methoxy groups -OCH3 is 1. The molecule has 1 nitrogen and oxygen atoms in total. The normalized spacial score (nSPS) is 13.4. The molecule has 2 aromatic carbocycles. The van der Waals surface area contributed by atoms with Crippen LogP contribution < -0.4 is 0 Å². The SMILES string of the molecule is COC(CC(c1ccccc1)c1ccccc1)C(C)(C)C. The van der Waals surface area contributed by atoms with Crippen LogP contribution in [0.2, 0.25) is 0 Å². The van der Waals surface area contributed by atoms with Gasteiger partial charge in [0.1, 0.15) is 0 Å². The Morgan fingerprint density at radius 1 is 0.810 bits per heavy atom. The van der Waals surface area contributed by atoms with Crippen LogP contribution in [0.1, 0.15) is 44.2 Å². The molecule has 1 heteroatoms. The van der Waals surface area contributed by atoms with Gasteiger partial charge in [-0.1, -0.05) is 81.4 Å². The molecule has 1 atom stereocenters. The average molecular weight is 282 g/mol. The van der Waals surface area contributed by atoms with Crippen LogP contribution in [0, 0.1) is 5.41 Å². The first-order chi connectivity index (χ1) is 10.0. The van der Waals surface area contributed by atoms with E-state index in [-0.39, 0.29) is 11.5 Å². The van der Waals surface area contributed by atoms with Gasteiger partial charge in [0.25, 0.3) is 0 Å². The number of hydrogen-bond donors (Lipinski definition) is 0. The predicted molar refractivity (Wildman–Crippen MR) is 89.6 cm³/mol. The molecule has 2 aromatic rings. The summed E-state index contributed by atoms with van der Waals surface area (Å²) in [5.74, 6) is 0.372. The molecule has 0 fully saturated rings. The van der Waals surface area contributed by atoms with E-state index in [0.717, 1.165) is 6.42 Å². The summed E-state index contributed by atoms with van der Waals surface area (Å²) >= 11 is 0. The van der Waals surface area contributed by atoms with Gasteiger partial charge in [-0.05, 0) is 23.0 Å². The highest BCUT2D eigenvalue weighted by Gasteiger charge is 2.28. The van der Waals surface area contributed by atoms with Gasteiger partial charge >= 0.3 is 0 Å². The maximum atomic E-state index is 5.79. The van der Waals surface area contributed by atoms with Gasteiger partial charge in [0.15, 0.2) is 0 Å². The monoisotopic (exact) mass is 282 g/mol. The van der Waals surface area contributed by atoms with Gasteiger partial charge in [-0.2, -0.15) is 0 Å². The average Bonchev–Trinajstić information content (AvgIpc) is 2.49. The van der Waals surface area contributed by atoms with E-state index < -0.39 is 0 Å². The van der Waals surface area contributed by atoms with Gasteiger partial charge in [-0.25, -0.2) is 0 Å². The standard InChI is InChI=1S/C20H26O/c1-20(2,3)19(21-4)15-18(16-11-7-5-8-12-16)17-13-9-6-10-14-17/h5-14,18-19H,15H2,1-4H3. The molecule has 112 valence electrons. The molecule has 2 rings (SSSR count). The summed E-state index contributed by atoms with van der Waals surface area (Å²) in [6.07, 6.45) is 1.22. The summed E-state index contributed by atoms with van der Waals surface area (Å²) < 4.78 is 5.79. The van der Waals surface area contributed by atoms with Crippen LogP contribution in [0.3, 0.4) is 0 Å². The lowest BCUT2D eigenvalue weighted by molar-refractivity contribution is 0.00799. The maximum absolute atomic E-state index is 5.79. The van der Waals surface area contributed by atoms with Crippen LogP contribution in [0.4, 0.5) is 0 Å². The Morgan fingerprint density at radius 2 is 1.24 bits per heavy atom. The summed E-state index contributed by atoms with van der Waals surface area (Å²) in [5, 5.41) is 0. The molecule has 1 unspecified atom stereocenters. The Morgan fingerprint density at radius 3 is 1.57 bits per heavy atom.